The molecule has 0 aliphatic heterocycles. The van der Waals surface area contributed by atoms with E-state index in [0.29, 0.717) is 12.1 Å². The molecule has 1 N–H and O–H groups in total. The molecule has 2 aromatic carbocycles. The van der Waals surface area contributed by atoms with Gasteiger partial charge in [-0.05, 0) is 44.9 Å². The van der Waals surface area contributed by atoms with Gasteiger partial charge in [-0.1, -0.05) is 42.5 Å². The molecule has 0 saturated carbocycles. The van der Waals surface area contributed by atoms with Crippen molar-refractivity contribution in [2.75, 3.05) is 6.61 Å². The number of rotatable bonds is 5. The van der Waals surface area contributed by atoms with Crippen LogP contribution >= 0.6 is 0 Å². The van der Waals surface area contributed by atoms with Crippen molar-refractivity contribution in [3.63, 3.8) is 0 Å². The van der Waals surface area contributed by atoms with Crippen LogP contribution < -0.4 is 0 Å². The Kier molecular flexibility index (Phi) is 6.03. The van der Waals surface area contributed by atoms with E-state index >= 15 is 0 Å². The van der Waals surface area contributed by atoms with E-state index in [-0.39, 0.29) is 23.8 Å². The van der Waals surface area contributed by atoms with Gasteiger partial charge in [-0.3, -0.25) is 4.79 Å². The van der Waals surface area contributed by atoms with Crippen LogP contribution in [-0.2, 0) is 16.1 Å². The van der Waals surface area contributed by atoms with Crippen molar-refractivity contribution in [3.05, 3.63) is 65.2 Å². The molecule has 0 aliphatic carbocycles. The van der Waals surface area contributed by atoms with Crippen LogP contribution in [0.25, 0.3) is 0 Å². The van der Waals surface area contributed by atoms with Gasteiger partial charge in [-0.25, -0.2) is 4.79 Å². The first-order chi connectivity index (χ1) is 12.2. The lowest BCUT2D eigenvalue weighted by molar-refractivity contribution is -0.140. The topological polar surface area (TPSA) is 66.8 Å². The summed E-state index contributed by atoms with van der Waals surface area (Å²) < 4.78 is 5.15. The lowest BCUT2D eigenvalue weighted by atomic mass is 10.0. The van der Waals surface area contributed by atoms with Crippen LogP contribution in [0.1, 0.15) is 42.3 Å². The molecule has 2 aromatic rings. The summed E-state index contributed by atoms with van der Waals surface area (Å²) in [5.74, 6) is -1.13. The Balaban J connectivity index is 2.07. The van der Waals surface area contributed by atoms with Gasteiger partial charge in [0.15, 0.2) is 6.61 Å². The number of hydrogen-bond acceptors (Lipinski definition) is 4. The van der Waals surface area contributed by atoms with Crippen LogP contribution in [0.4, 0.5) is 0 Å². The second-order valence-corrected chi connectivity index (χ2v) is 7.18. The monoisotopic (exact) mass is 355 g/mol. The van der Waals surface area contributed by atoms with Crippen LogP contribution in [0.15, 0.2) is 48.5 Å². The summed E-state index contributed by atoms with van der Waals surface area (Å²) in [5, 5.41) is 9.97. The van der Waals surface area contributed by atoms with Crippen molar-refractivity contribution in [2.24, 2.45) is 0 Å². The number of amides is 1. The second kappa shape index (κ2) is 8.04. The van der Waals surface area contributed by atoms with Gasteiger partial charge in [-0.2, -0.15) is 0 Å². The number of aromatic hydroxyl groups is 1. The summed E-state index contributed by atoms with van der Waals surface area (Å²) in [7, 11) is 0. The highest BCUT2D eigenvalue weighted by molar-refractivity contribution is 5.94. The molecule has 0 atom stereocenters. The zero-order valence-corrected chi connectivity index (χ0v) is 15.7. The summed E-state index contributed by atoms with van der Waals surface area (Å²) >= 11 is 0. The average Bonchev–Trinajstić information content (AvgIpc) is 2.59. The first-order valence-corrected chi connectivity index (χ1v) is 8.50. The molecule has 0 radical (unpaired) electrons. The fraction of sp³-hybridized carbons (Fsp3) is 0.333. The molecule has 0 spiro atoms. The van der Waals surface area contributed by atoms with E-state index in [1.54, 1.807) is 24.0 Å². The maximum absolute atomic E-state index is 12.7. The number of esters is 1. The summed E-state index contributed by atoms with van der Waals surface area (Å²) in [4.78, 5) is 26.5. The van der Waals surface area contributed by atoms with Gasteiger partial charge < -0.3 is 14.7 Å². The average molecular weight is 355 g/mol. The predicted octanol–water partition coefficient (Wildman–Crippen LogP) is 3.68. The van der Waals surface area contributed by atoms with E-state index in [1.165, 1.54) is 6.07 Å². The highest BCUT2D eigenvalue weighted by Crippen LogP contribution is 2.22. The highest BCUT2D eigenvalue weighted by atomic mass is 16.5. The number of carbonyl (C=O) groups excluding carboxylic acids is 2. The predicted molar refractivity (Wildman–Crippen MR) is 99.9 cm³/mol. The van der Waals surface area contributed by atoms with Crippen molar-refractivity contribution in [1.29, 1.82) is 0 Å². The maximum Gasteiger partial charge on any atom is 0.342 e. The smallest absolute Gasteiger partial charge is 0.342 e. The number of nitrogens with zero attached hydrogens (tertiary/aromatic N) is 1. The summed E-state index contributed by atoms with van der Waals surface area (Å²) in [5.41, 5.74) is 1.21. The van der Waals surface area contributed by atoms with Crippen molar-refractivity contribution in [3.8, 4) is 5.75 Å². The molecule has 0 aromatic heterocycles. The zero-order valence-electron chi connectivity index (χ0n) is 15.7. The standard InChI is InChI=1S/C21H25NO4/c1-15-9-8-12-17(19(15)24)20(25)26-14-18(23)22(21(2,3)4)13-16-10-6-5-7-11-16/h5-12,24H,13-14H2,1-4H3. The SMILES string of the molecule is Cc1cccc(C(=O)OCC(=O)N(Cc2ccccc2)C(C)(C)C)c1O. The quantitative estimate of drug-likeness (QED) is 0.831. The van der Waals surface area contributed by atoms with Crippen LogP contribution in [0.2, 0.25) is 0 Å². The third-order valence-corrected chi connectivity index (χ3v) is 4.08. The first-order valence-electron chi connectivity index (χ1n) is 8.50. The van der Waals surface area contributed by atoms with E-state index < -0.39 is 11.5 Å². The minimum atomic E-state index is -0.715. The van der Waals surface area contributed by atoms with Gasteiger partial charge in [0.2, 0.25) is 0 Å². The molecular formula is C21H25NO4. The van der Waals surface area contributed by atoms with E-state index in [4.69, 9.17) is 4.74 Å². The Labute approximate surface area is 154 Å². The number of aryl methyl sites for hydroxylation is 1. The molecule has 0 saturated heterocycles. The Bertz CT molecular complexity index is 778. The third-order valence-electron chi connectivity index (χ3n) is 4.08. The van der Waals surface area contributed by atoms with Gasteiger partial charge >= 0.3 is 5.97 Å². The molecule has 2 rings (SSSR count). The number of benzene rings is 2. The first kappa shape index (κ1) is 19.5. The van der Waals surface area contributed by atoms with Gasteiger partial charge in [0.05, 0.1) is 0 Å². The third kappa shape index (κ3) is 4.85. The van der Waals surface area contributed by atoms with Gasteiger partial charge in [0.25, 0.3) is 5.91 Å². The molecule has 0 heterocycles. The van der Waals surface area contributed by atoms with Crippen LogP contribution in [0.5, 0.6) is 5.75 Å². The lowest BCUT2D eigenvalue weighted by Crippen LogP contribution is -2.46. The van der Waals surface area contributed by atoms with Crippen molar-refractivity contribution >= 4 is 11.9 Å². The zero-order chi connectivity index (χ0) is 19.3. The fourth-order valence-corrected chi connectivity index (χ4v) is 2.57. The molecule has 138 valence electrons. The number of carbonyl (C=O) groups is 2. The molecule has 0 fully saturated rings. The number of para-hydroxylation sites is 1. The largest absolute Gasteiger partial charge is 0.507 e. The Morgan fingerprint density at radius 1 is 1.04 bits per heavy atom. The van der Waals surface area contributed by atoms with E-state index in [1.807, 2.05) is 51.1 Å². The van der Waals surface area contributed by atoms with Gasteiger partial charge in [0, 0.05) is 12.1 Å². The number of phenols is 1. The minimum Gasteiger partial charge on any atom is -0.507 e. The highest BCUT2D eigenvalue weighted by Gasteiger charge is 2.27. The summed E-state index contributed by atoms with van der Waals surface area (Å²) in [6, 6.07) is 14.5. The Morgan fingerprint density at radius 3 is 2.31 bits per heavy atom. The van der Waals surface area contributed by atoms with Gasteiger partial charge in [-0.15, -0.1) is 0 Å². The number of phenolic OH excluding ortho intramolecular Hbond substituents is 1. The minimum absolute atomic E-state index is 0.0585. The fourth-order valence-electron chi connectivity index (χ4n) is 2.57. The van der Waals surface area contributed by atoms with Crippen molar-refractivity contribution in [2.45, 2.75) is 39.8 Å². The number of hydrogen-bond donors (Lipinski definition) is 1. The summed E-state index contributed by atoms with van der Waals surface area (Å²) in [6.07, 6.45) is 0. The van der Waals surface area contributed by atoms with E-state index in [2.05, 4.69) is 0 Å². The van der Waals surface area contributed by atoms with Crippen molar-refractivity contribution in [1.82, 2.24) is 4.90 Å². The molecule has 0 aliphatic rings. The molecular weight excluding hydrogens is 330 g/mol. The molecule has 5 heteroatoms. The molecule has 5 nitrogen and oxygen atoms in total. The lowest BCUT2D eigenvalue weighted by Gasteiger charge is -2.35. The molecule has 1 amide bonds. The maximum atomic E-state index is 12.7. The van der Waals surface area contributed by atoms with E-state index in [9.17, 15) is 14.7 Å². The van der Waals surface area contributed by atoms with Crippen LogP contribution in [0, 0.1) is 6.92 Å². The Morgan fingerprint density at radius 2 is 1.69 bits per heavy atom. The van der Waals surface area contributed by atoms with E-state index in [0.717, 1.165) is 5.56 Å². The molecule has 0 bridgehead atoms. The van der Waals surface area contributed by atoms with Crippen LogP contribution in [0.3, 0.4) is 0 Å². The molecule has 26 heavy (non-hydrogen) atoms. The Hall–Kier alpha value is -2.82. The normalized spacial score (nSPS) is 11.1. The van der Waals surface area contributed by atoms with Gasteiger partial charge in [0.1, 0.15) is 11.3 Å². The van der Waals surface area contributed by atoms with Crippen molar-refractivity contribution < 1.29 is 19.4 Å². The number of ether oxygens (including phenoxy) is 1. The summed E-state index contributed by atoms with van der Waals surface area (Å²) in [6.45, 7) is 7.54. The molecule has 0 unspecified atom stereocenters. The van der Waals surface area contributed by atoms with Crippen LogP contribution in [-0.4, -0.2) is 34.0 Å². The second-order valence-electron chi connectivity index (χ2n) is 7.18.